The number of fused-ring (bicyclic) bond motifs is 1. The number of carbonyl (C=O) groups excluding carboxylic acids is 1. The van der Waals surface area contributed by atoms with E-state index in [0.29, 0.717) is 24.5 Å². The molecule has 6 nitrogen and oxygen atoms in total. The van der Waals surface area contributed by atoms with Gasteiger partial charge in [0.15, 0.2) is 11.5 Å². The molecule has 0 fully saturated rings. The SMILES string of the molecule is O=C(NCc1ccc2c(c1)OCO2)c1csc(CN(CCC(c2ccccc2)c2ccccc2)Cc2cccc(Cl)c2)n1. The molecule has 5 aromatic rings. The van der Waals surface area contributed by atoms with Crippen LogP contribution >= 0.6 is 22.9 Å². The number of hydrogen-bond donors (Lipinski definition) is 1. The van der Waals surface area contributed by atoms with E-state index < -0.39 is 0 Å². The number of amides is 1. The first kappa shape index (κ1) is 28.9. The molecule has 0 bridgehead atoms. The number of nitrogens with one attached hydrogen (secondary N) is 1. The van der Waals surface area contributed by atoms with Crippen LogP contribution in [-0.2, 0) is 19.6 Å². The van der Waals surface area contributed by atoms with E-state index in [1.165, 1.54) is 22.5 Å². The molecule has 0 spiro atoms. The second kappa shape index (κ2) is 13.9. The summed E-state index contributed by atoms with van der Waals surface area (Å²) < 4.78 is 10.8. The Balaban J connectivity index is 1.15. The number of aromatic nitrogens is 1. The number of ether oxygens (including phenoxy) is 2. The molecule has 1 aliphatic rings. The number of benzene rings is 4. The molecular weight excluding hydrogens is 578 g/mol. The van der Waals surface area contributed by atoms with Gasteiger partial charge >= 0.3 is 0 Å². The van der Waals surface area contributed by atoms with E-state index in [1.807, 2.05) is 41.8 Å². The van der Waals surface area contributed by atoms with Crippen LogP contribution in [0.1, 0.15) is 50.1 Å². The molecule has 43 heavy (non-hydrogen) atoms. The maximum absolute atomic E-state index is 13.0. The van der Waals surface area contributed by atoms with Crippen molar-refractivity contribution >= 4 is 28.8 Å². The monoisotopic (exact) mass is 609 g/mol. The Morgan fingerprint density at radius 2 is 1.60 bits per heavy atom. The average molecular weight is 610 g/mol. The zero-order chi connectivity index (χ0) is 29.4. The first-order valence-electron chi connectivity index (χ1n) is 14.3. The summed E-state index contributed by atoms with van der Waals surface area (Å²) in [5.74, 6) is 1.48. The molecule has 1 amide bonds. The number of nitrogens with zero attached hydrogens (tertiary/aromatic N) is 2. The highest BCUT2D eigenvalue weighted by molar-refractivity contribution is 7.09. The first-order valence-corrected chi connectivity index (χ1v) is 15.5. The molecule has 0 saturated heterocycles. The van der Waals surface area contributed by atoms with Crippen molar-refractivity contribution in [3.63, 3.8) is 0 Å². The highest BCUT2D eigenvalue weighted by atomic mass is 35.5. The van der Waals surface area contributed by atoms with Gasteiger partial charge in [-0.25, -0.2) is 4.98 Å². The summed E-state index contributed by atoms with van der Waals surface area (Å²) in [6.07, 6.45) is 0.933. The van der Waals surface area contributed by atoms with Crippen LogP contribution in [-0.4, -0.2) is 29.1 Å². The molecule has 8 heteroatoms. The number of carbonyl (C=O) groups is 1. The van der Waals surface area contributed by atoms with Gasteiger partial charge in [0.05, 0.1) is 6.54 Å². The largest absolute Gasteiger partial charge is 0.454 e. The van der Waals surface area contributed by atoms with Crippen LogP contribution in [0, 0.1) is 0 Å². The van der Waals surface area contributed by atoms with Gasteiger partial charge in [0, 0.05) is 29.4 Å². The second-order valence-electron chi connectivity index (χ2n) is 10.5. The fraction of sp³-hybridized carbons (Fsp3) is 0.200. The molecule has 0 atom stereocenters. The lowest BCUT2D eigenvalue weighted by atomic mass is 9.88. The summed E-state index contributed by atoms with van der Waals surface area (Å²) in [5.41, 5.74) is 5.10. The number of hydrogen-bond acceptors (Lipinski definition) is 6. The van der Waals surface area contributed by atoms with Crippen LogP contribution in [0.5, 0.6) is 11.5 Å². The lowest BCUT2D eigenvalue weighted by Crippen LogP contribution is -2.26. The predicted molar refractivity (Wildman–Crippen MR) is 171 cm³/mol. The summed E-state index contributed by atoms with van der Waals surface area (Å²) in [7, 11) is 0. The normalized spacial score (nSPS) is 12.2. The third-order valence-electron chi connectivity index (χ3n) is 7.47. The number of thiazole rings is 1. The van der Waals surface area contributed by atoms with E-state index in [4.69, 9.17) is 26.1 Å². The maximum atomic E-state index is 13.0. The van der Waals surface area contributed by atoms with E-state index in [2.05, 4.69) is 76.9 Å². The van der Waals surface area contributed by atoms with Crippen molar-refractivity contribution < 1.29 is 14.3 Å². The quantitative estimate of drug-likeness (QED) is 0.157. The summed E-state index contributed by atoms with van der Waals surface area (Å²) in [6, 6.07) is 35.0. The van der Waals surface area contributed by atoms with Crippen molar-refractivity contribution in [3.8, 4) is 11.5 Å². The Hall–Kier alpha value is -4.17. The zero-order valence-corrected chi connectivity index (χ0v) is 25.2. The van der Waals surface area contributed by atoms with Gasteiger partial charge in [-0.1, -0.05) is 90.5 Å². The zero-order valence-electron chi connectivity index (χ0n) is 23.6. The maximum Gasteiger partial charge on any atom is 0.271 e. The average Bonchev–Trinajstić information content (AvgIpc) is 3.71. The van der Waals surface area contributed by atoms with E-state index >= 15 is 0 Å². The third kappa shape index (κ3) is 7.62. The molecule has 1 N–H and O–H groups in total. The van der Waals surface area contributed by atoms with Gasteiger partial charge in [-0.2, -0.15) is 0 Å². The number of rotatable bonds is 12. The molecule has 2 heterocycles. The lowest BCUT2D eigenvalue weighted by Gasteiger charge is -2.25. The topological polar surface area (TPSA) is 63.7 Å². The van der Waals surface area contributed by atoms with E-state index in [9.17, 15) is 4.79 Å². The molecule has 0 unspecified atom stereocenters. The van der Waals surface area contributed by atoms with Crippen molar-refractivity contribution in [1.82, 2.24) is 15.2 Å². The van der Waals surface area contributed by atoms with Crippen molar-refractivity contribution in [2.45, 2.75) is 32.0 Å². The Labute approximate surface area is 260 Å². The van der Waals surface area contributed by atoms with Crippen molar-refractivity contribution in [1.29, 1.82) is 0 Å². The standard InChI is InChI=1S/C35H32ClN3O3S/c36-29-13-7-8-26(18-29)21-39(17-16-30(27-9-3-1-4-10-27)28-11-5-2-6-12-28)22-34-38-31(23-43-34)35(40)37-20-25-14-15-32-33(19-25)42-24-41-32/h1-15,18-19,23,30H,16-17,20-22,24H2,(H,37,40). The van der Waals surface area contributed by atoms with Gasteiger partial charge in [-0.15, -0.1) is 11.3 Å². The Morgan fingerprint density at radius 3 is 2.35 bits per heavy atom. The molecule has 0 aliphatic carbocycles. The summed E-state index contributed by atoms with van der Waals surface area (Å²) in [6.45, 7) is 2.79. The van der Waals surface area contributed by atoms with Gasteiger partial charge in [-0.3, -0.25) is 9.69 Å². The van der Waals surface area contributed by atoms with E-state index in [0.717, 1.165) is 46.4 Å². The fourth-order valence-corrected chi connectivity index (χ4v) is 6.35. The molecule has 0 radical (unpaired) electrons. The molecule has 1 aromatic heterocycles. The second-order valence-corrected chi connectivity index (χ2v) is 11.9. The number of halogens is 1. The van der Waals surface area contributed by atoms with E-state index in [-0.39, 0.29) is 18.6 Å². The smallest absolute Gasteiger partial charge is 0.271 e. The van der Waals surface area contributed by atoms with Crippen LogP contribution in [0.4, 0.5) is 0 Å². The van der Waals surface area contributed by atoms with Crippen molar-refractivity contribution in [3.05, 3.63) is 146 Å². The van der Waals surface area contributed by atoms with Crippen LogP contribution in [0.3, 0.4) is 0 Å². The Bertz CT molecular complexity index is 1620. The highest BCUT2D eigenvalue weighted by Crippen LogP contribution is 2.32. The van der Waals surface area contributed by atoms with Gasteiger partial charge in [0.25, 0.3) is 5.91 Å². The molecule has 0 saturated carbocycles. The van der Waals surface area contributed by atoms with Gasteiger partial charge in [0.2, 0.25) is 6.79 Å². The summed E-state index contributed by atoms with van der Waals surface area (Å²) in [4.78, 5) is 20.1. The minimum absolute atomic E-state index is 0.199. The van der Waals surface area contributed by atoms with Crippen LogP contribution in [0.2, 0.25) is 5.02 Å². The minimum Gasteiger partial charge on any atom is -0.454 e. The highest BCUT2D eigenvalue weighted by Gasteiger charge is 2.19. The van der Waals surface area contributed by atoms with Crippen molar-refractivity contribution in [2.24, 2.45) is 0 Å². The van der Waals surface area contributed by atoms with E-state index in [1.54, 1.807) is 0 Å². The van der Waals surface area contributed by atoms with Crippen LogP contribution < -0.4 is 14.8 Å². The van der Waals surface area contributed by atoms with Gasteiger partial charge < -0.3 is 14.8 Å². The fourth-order valence-electron chi connectivity index (χ4n) is 5.32. The minimum atomic E-state index is -0.199. The third-order valence-corrected chi connectivity index (χ3v) is 8.54. The van der Waals surface area contributed by atoms with Crippen LogP contribution in [0.15, 0.2) is 109 Å². The Morgan fingerprint density at radius 1 is 0.860 bits per heavy atom. The van der Waals surface area contributed by atoms with Gasteiger partial charge in [0.1, 0.15) is 10.7 Å². The van der Waals surface area contributed by atoms with Gasteiger partial charge in [-0.05, 0) is 59.5 Å². The molecular formula is C35H32ClN3O3S. The van der Waals surface area contributed by atoms with Crippen LogP contribution in [0.25, 0.3) is 0 Å². The molecule has 1 aliphatic heterocycles. The summed E-state index contributed by atoms with van der Waals surface area (Å²) in [5, 5.41) is 6.42. The lowest BCUT2D eigenvalue weighted by molar-refractivity contribution is 0.0946. The van der Waals surface area contributed by atoms with Crippen molar-refractivity contribution in [2.75, 3.05) is 13.3 Å². The first-order chi connectivity index (χ1) is 21.1. The Kier molecular flexibility index (Phi) is 9.33. The molecule has 218 valence electrons. The summed E-state index contributed by atoms with van der Waals surface area (Å²) >= 11 is 7.84. The molecule has 6 rings (SSSR count). The predicted octanol–water partition coefficient (Wildman–Crippen LogP) is 7.68. The molecule has 4 aromatic carbocycles.